The summed E-state index contributed by atoms with van der Waals surface area (Å²) in [5.41, 5.74) is 2.28. The lowest BCUT2D eigenvalue weighted by Gasteiger charge is -2.09. The average Bonchev–Trinajstić information content (AvgIpc) is 2.17. The van der Waals surface area contributed by atoms with Crippen molar-refractivity contribution in [1.82, 2.24) is 0 Å². The molecule has 0 unspecified atom stereocenters. The third kappa shape index (κ3) is 4.39. The van der Waals surface area contributed by atoms with Crippen LogP contribution in [0.25, 0.3) is 6.08 Å². The molecular formula is C13H17ClO. The highest BCUT2D eigenvalue weighted by Crippen LogP contribution is 2.17. The lowest BCUT2D eigenvalue weighted by Crippen LogP contribution is -2.05. The van der Waals surface area contributed by atoms with Crippen LogP contribution < -0.4 is 4.74 Å². The van der Waals surface area contributed by atoms with Crippen LogP contribution in [0.15, 0.2) is 29.8 Å². The topological polar surface area (TPSA) is 9.23 Å². The minimum atomic E-state index is 0.207. The van der Waals surface area contributed by atoms with Gasteiger partial charge < -0.3 is 4.74 Å². The zero-order chi connectivity index (χ0) is 11.3. The fourth-order valence-electron chi connectivity index (χ4n) is 1.27. The molecule has 1 nitrogen and oxygen atoms in total. The Bertz CT molecular complexity index is 342. The Morgan fingerprint density at radius 1 is 1.47 bits per heavy atom. The molecule has 0 amide bonds. The molecule has 0 fully saturated rings. The van der Waals surface area contributed by atoms with Gasteiger partial charge in [0.15, 0.2) is 0 Å². The molecule has 0 atom stereocenters. The second kappa shape index (κ2) is 5.82. The van der Waals surface area contributed by atoms with Gasteiger partial charge in [-0.05, 0) is 38.5 Å². The van der Waals surface area contributed by atoms with E-state index in [1.54, 1.807) is 0 Å². The van der Waals surface area contributed by atoms with Crippen molar-refractivity contribution in [3.05, 3.63) is 35.4 Å². The van der Waals surface area contributed by atoms with Crippen LogP contribution >= 0.6 is 11.6 Å². The normalized spacial score (nSPS) is 11.9. The van der Waals surface area contributed by atoms with Crippen LogP contribution in [0.1, 0.15) is 26.3 Å². The van der Waals surface area contributed by atoms with Crippen molar-refractivity contribution in [2.45, 2.75) is 26.9 Å². The first kappa shape index (κ1) is 12.1. The van der Waals surface area contributed by atoms with E-state index in [9.17, 15) is 0 Å². The van der Waals surface area contributed by atoms with E-state index < -0.39 is 0 Å². The molecule has 0 aliphatic rings. The van der Waals surface area contributed by atoms with Crippen molar-refractivity contribution in [1.29, 1.82) is 0 Å². The summed E-state index contributed by atoms with van der Waals surface area (Å²) in [5, 5.41) is 0. The number of benzene rings is 1. The monoisotopic (exact) mass is 224 g/mol. The highest BCUT2D eigenvalue weighted by molar-refractivity contribution is 6.19. The Morgan fingerprint density at radius 2 is 2.20 bits per heavy atom. The maximum Gasteiger partial charge on any atom is 0.120 e. The maximum absolute atomic E-state index is 5.73. The Hall–Kier alpha value is -0.950. The third-order valence-corrected chi connectivity index (χ3v) is 2.28. The van der Waals surface area contributed by atoms with Gasteiger partial charge in [0.2, 0.25) is 0 Å². The molecule has 0 bridgehead atoms. The molecule has 0 N–H and O–H groups in total. The summed E-state index contributed by atoms with van der Waals surface area (Å²) in [6, 6.07) is 8.03. The summed E-state index contributed by atoms with van der Waals surface area (Å²) in [5.74, 6) is 1.47. The van der Waals surface area contributed by atoms with Gasteiger partial charge in [-0.15, -0.1) is 11.6 Å². The van der Waals surface area contributed by atoms with Crippen LogP contribution in [0.5, 0.6) is 5.75 Å². The van der Waals surface area contributed by atoms with Gasteiger partial charge in [-0.2, -0.15) is 0 Å². The molecule has 1 aromatic carbocycles. The average molecular weight is 225 g/mol. The van der Waals surface area contributed by atoms with Gasteiger partial charge in [0.25, 0.3) is 0 Å². The smallest absolute Gasteiger partial charge is 0.120 e. The van der Waals surface area contributed by atoms with E-state index in [-0.39, 0.29) is 6.10 Å². The van der Waals surface area contributed by atoms with Crippen LogP contribution in [-0.2, 0) is 0 Å². The van der Waals surface area contributed by atoms with Crippen molar-refractivity contribution >= 4 is 17.7 Å². The number of ether oxygens (including phenoxy) is 1. The second-order valence-electron chi connectivity index (χ2n) is 3.86. The minimum Gasteiger partial charge on any atom is -0.491 e. The fourth-order valence-corrected chi connectivity index (χ4v) is 1.35. The molecule has 0 heterocycles. The molecular weight excluding hydrogens is 208 g/mol. The molecule has 1 aromatic rings. The van der Waals surface area contributed by atoms with Crippen LogP contribution in [0, 0.1) is 0 Å². The zero-order valence-corrected chi connectivity index (χ0v) is 10.2. The lowest BCUT2D eigenvalue weighted by atomic mass is 10.1. The van der Waals surface area contributed by atoms with E-state index in [0.717, 1.165) is 16.9 Å². The van der Waals surface area contributed by atoms with Gasteiger partial charge in [-0.25, -0.2) is 0 Å². The van der Waals surface area contributed by atoms with Gasteiger partial charge in [-0.1, -0.05) is 23.8 Å². The van der Waals surface area contributed by atoms with Gasteiger partial charge in [0, 0.05) is 5.88 Å². The predicted molar refractivity (Wildman–Crippen MR) is 66.6 cm³/mol. The second-order valence-corrected chi connectivity index (χ2v) is 4.13. The minimum absolute atomic E-state index is 0.207. The van der Waals surface area contributed by atoms with E-state index in [1.165, 1.54) is 0 Å². The molecule has 2 heteroatoms. The molecule has 0 aliphatic carbocycles. The first-order chi connectivity index (χ1) is 7.11. The Morgan fingerprint density at radius 3 is 2.80 bits per heavy atom. The molecule has 0 aliphatic heterocycles. The van der Waals surface area contributed by atoms with Crippen molar-refractivity contribution in [2.24, 2.45) is 0 Å². The highest BCUT2D eigenvalue weighted by Gasteiger charge is 1.98. The summed E-state index contributed by atoms with van der Waals surface area (Å²) in [6.07, 6.45) is 2.28. The fraction of sp³-hybridized carbons (Fsp3) is 0.385. The van der Waals surface area contributed by atoms with Gasteiger partial charge >= 0.3 is 0 Å². The Labute approximate surface area is 96.7 Å². The van der Waals surface area contributed by atoms with Crippen molar-refractivity contribution in [3.63, 3.8) is 0 Å². The van der Waals surface area contributed by atoms with Crippen LogP contribution in [-0.4, -0.2) is 12.0 Å². The Kier molecular flexibility index (Phi) is 4.70. The SMILES string of the molecule is CC(=Cc1cccc(OC(C)C)c1)CCl. The molecule has 0 radical (unpaired) electrons. The van der Waals surface area contributed by atoms with Gasteiger partial charge in [0.05, 0.1) is 6.10 Å². The molecule has 1 rings (SSSR count). The third-order valence-electron chi connectivity index (χ3n) is 1.85. The quantitative estimate of drug-likeness (QED) is 0.700. The summed E-state index contributed by atoms with van der Waals surface area (Å²) in [7, 11) is 0. The van der Waals surface area contributed by atoms with E-state index in [2.05, 4.69) is 6.08 Å². The number of halogens is 1. The maximum atomic E-state index is 5.73. The van der Waals surface area contributed by atoms with Gasteiger partial charge in [0.1, 0.15) is 5.75 Å². The highest BCUT2D eigenvalue weighted by atomic mass is 35.5. The number of alkyl halides is 1. The largest absolute Gasteiger partial charge is 0.491 e. The summed E-state index contributed by atoms with van der Waals surface area (Å²) in [4.78, 5) is 0. The van der Waals surface area contributed by atoms with E-state index >= 15 is 0 Å². The van der Waals surface area contributed by atoms with Crippen LogP contribution in [0.3, 0.4) is 0 Å². The first-order valence-corrected chi connectivity index (χ1v) is 5.65. The number of rotatable bonds is 4. The number of allylic oxidation sites excluding steroid dienone is 1. The summed E-state index contributed by atoms with van der Waals surface area (Å²) >= 11 is 5.73. The van der Waals surface area contributed by atoms with E-state index in [0.29, 0.717) is 5.88 Å². The van der Waals surface area contributed by atoms with E-state index in [4.69, 9.17) is 16.3 Å². The first-order valence-electron chi connectivity index (χ1n) is 5.11. The molecule has 0 saturated heterocycles. The van der Waals surface area contributed by atoms with Crippen LogP contribution in [0.2, 0.25) is 0 Å². The molecule has 0 saturated carbocycles. The molecule has 82 valence electrons. The van der Waals surface area contributed by atoms with Crippen molar-refractivity contribution in [3.8, 4) is 5.75 Å². The number of hydrogen-bond acceptors (Lipinski definition) is 1. The summed E-state index contributed by atoms with van der Waals surface area (Å²) < 4.78 is 5.61. The van der Waals surface area contributed by atoms with Crippen LogP contribution in [0.4, 0.5) is 0 Å². The van der Waals surface area contributed by atoms with Crippen molar-refractivity contribution < 1.29 is 4.74 Å². The molecule has 0 spiro atoms. The number of hydrogen-bond donors (Lipinski definition) is 0. The lowest BCUT2D eigenvalue weighted by molar-refractivity contribution is 0.242. The van der Waals surface area contributed by atoms with Crippen molar-refractivity contribution in [2.75, 3.05) is 5.88 Å². The zero-order valence-electron chi connectivity index (χ0n) is 9.46. The standard InChI is InChI=1S/C13H17ClO/c1-10(2)15-13-6-4-5-12(8-13)7-11(3)9-14/h4-8,10H,9H2,1-3H3. The van der Waals surface area contributed by atoms with E-state index in [1.807, 2.05) is 45.0 Å². The summed E-state index contributed by atoms with van der Waals surface area (Å²) in [6.45, 7) is 6.06. The Balaban J connectivity index is 2.83. The van der Waals surface area contributed by atoms with Gasteiger partial charge in [-0.3, -0.25) is 0 Å². The predicted octanol–water partition coefficient (Wildman–Crippen LogP) is 4.12. The molecule has 15 heavy (non-hydrogen) atoms. The molecule has 0 aromatic heterocycles.